The summed E-state index contributed by atoms with van der Waals surface area (Å²) in [6, 6.07) is 6.18. The normalized spacial score (nSPS) is 12.6. The number of aryl methyl sites for hydroxylation is 1. The number of hydrogen-bond acceptors (Lipinski definition) is 2. The Hall–Kier alpha value is -1.02. The molecule has 0 bridgehead atoms. The van der Waals surface area contributed by atoms with E-state index in [0.717, 1.165) is 24.3 Å². The molecule has 0 aliphatic heterocycles. The van der Waals surface area contributed by atoms with Gasteiger partial charge in [0, 0.05) is 11.6 Å². The zero-order chi connectivity index (χ0) is 10.6. The highest BCUT2D eigenvalue weighted by Crippen LogP contribution is 2.24. The number of benzene rings is 1. The van der Waals surface area contributed by atoms with Crippen LogP contribution in [0, 0.1) is 6.92 Å². The van der Waals surface area contributed by atoms with Gasteiger partial charge in [-0.25, -0.2) is 0 Å². The summed E-state index contributed by atoms with van der Waals surface area (Å²) >= 11 is 0. The third-order valence-electron chi connectivity index (χ3n) is 2.12. The first-order valence-corrected chi connectivity index (χ1v) is 5.14. The molecule has 0 fully saturated rings. The molecule has 1 unspecified atom stereocenters. The predicted octanol–water partition coefficient (Wildman–Crippen LogP) is 2.80. The van der Waals surface area contributed by atoms with Crippen LogP contribution >= 0.6 is 0 Å². The molecule has 0 heterocycles. The predicted molar refractivity (Wildman–Crippen MR) is 59.6 cm³/mol. The van der Waals surface area contributed by atoms with E-state index in [2.05, 4.69) is 26.0 Å². The van der Waals surface area contributed by atoms with Crippen LogP contribution in [0.3, 0.4) is 0 Å². The van der Waals surface area contributed by atoms with Gasteiger partial charge >= 0.3 is 0 Å². The SMILES string of the molecule is CCCOc1ccc(C)cc1C(C)N. The standard InChI is InChI=1S/C12H19NO/c1-4-7-14-12-6-5-9(2)8-11(12)10(3)13/h5-6,8,10H,4,7,13H2,1-3H3. The van der Waals surface area contributed by atoms with Crippen molar-refractivity contribution in [3.8, 4) is 5.75 Å². The average molecular weight is 193 g/mol. The topological polar surface area (TPSA) is 35.2 Å². The lowest BCUT2D eigenvalue weighted by Crippen LogP contribution is -2.08. The lowest BCUT2D eigenvalue weighted by molar-refractivity contribution is 0.312. The molecule has 0 aliphatic carbocycles. The van der Waals surface area contributed by atoms with Gasteiger partial charge in [-0.3, -0.25) is 0 Å². The van der Waals surface area contributed by atoms with E-state index < -0.39 is 0 Å². The first-order valence-electron chi connectivity index (χ1n) is 5.14. The van der Waals surface area contributed by atoms with Crippen molar-refractivity contribution < 1.29 is 4.74 Å². The highest BCUT2D eigenvalue weighted by molar-refractivity contribution is 5.38. The summed E-state index contributed by atoms with van der Waals surface area (Å²) in [6.07, 6.45) is 1.02. The fraction of sp³-hybridized carbons (Fsp3) is 0.500. The molecule has 14 heavy (non-hydrogen) atoms. The Morgan fingerprint density at radius 3 is 2.71 bits per heavy atom. The molecule has 0 aromatic heterocycles. The molecule has 0 saturated heterocycles. The van der Waals surface area contributed by atoms with Crippen molar-refractivity contribution in [3.63, 3.8) is 0 Å². The first-order chi connectivity index (χ1) is 6.65. The summed E-state index contributed by atoms with van der Waals surface area (Å²) < 4.78 is 5.62. The van der Waals surface area contributed by atoms with Crippen LogP contribution in [0.5, 0.6) is 5.75 Å². The molecule has 1 aromatic rings. The molecular weight excluding hydrogens is 174 g/mol. The van der Waals surface area contributed by atoms with Crippen LogP contribution < -0.4 is 10.5 Å². The van der Waals surface area contributed by atoms with Gasteiger partial charge in [0.1, 0.15) is 5.75 Å². The lowest BCUT2D eigenvalue weighted by atomic mass is 10.1. The minimum atomic E-state index is 0.0294. The zero-order valence-corrected chi connectivity index (χ0v) is 9.21. The Kier molecular flexibility index (Phi) is 3.96. The largest absolute Gasteiger partial charge is 0.493 e. The van der Waals surface area contributed by atoms with Gasteiger partial charge in [-0.2, -0.15) is 0 Å². The van der Waals surface area contributed by atoms with E-state index in [4.69, 9.17) is 10.5 Å². The van der Waals surface area contributed by atoms with E-state index in [0.29, 0.717) is 0 Å². The zero-order valence-electron chi connectivity index (χ0n) is 9.21. The second-order valence-electron chi connectivity index (χ2n) is 3.68. The van der Waals surface area contributed by atoms with Crippen LogP contribution in [0.2, 0.25) is 0 Å². The quantitative estimate of drug-likeness (QED) is 0.798. The van der Waals surface area contributed by atoms with E-state index in [1.165, 1.54) is 5.56 Å². The van der Waals surface area contributed by atoms with Gasteiger partial charge in [0.15, 0.2) is 0 Å². The second kappa shape index (κ2) is 5.01. The summed E-state index contributed by atoms with van der Waals surface area (Å²) in [7, 11) is 0. The maximum Gasteiger partial charge on any atom is 0.124 e. The monoisotopic (exact) mass is 193 g/mol. The van der Waals surface area contributed by atoms with Crippen LogP contribution in [0.4, 0.5) is 0 Å². The molecule has 0 saturated carbocycles. The van der Waals surface area contributed by atoms with Crippen LogP contribution in [-0.2, 0) is 0 Å². The van der Waals surface area contributed by atoms with E-state index in [-0.39, 0.29) is 6.04 Å². The lowest BCUT2D eigenvalue weighted by Gasteiger charge is -2.14. The molecule has 0 spiro atoms. The molecule has 1 aromatic carbocycles. The van der Waals surface area contributed by atoms with Gasteiger partial charge < -0.3 is 10.5 Å². The van der Waals surface area contributed by atoms with Gasteiger partial charge in [0.2, 0.25) is 0 Å². The molecule has 78 valence electrons. The smallest absolute Gasteiger partial charge is 0.124 e. The Morgan fingerprint density at radius 2 is 2.14 bits per heavy atom. The van der Waals surface area contributed by atoms with Crippen LogP contribution in [0.1, 0.15) is 37.4 Å². The van der Waals surface area contributed by atoms with Crippen molar-refractivity contribution in [2.45, 2.75) is 33.2 Å². The van der Waals surface area contributed by atoms with Crippen molar-refractivity contribution in [1.29, 1.82) is 0 Å². The number of hydrogen-bond donors (Lipinski definition) is 1. The third-order valence-corrected chi connectivity index (χ3v) is 2.12. The fourth-order valence-electron chi connectivity index (χ4n) is 1.37. The Balaban J connectivity index is 2.90. The molecule has 2 heteroatoms. The summed E-state index contributed by atoms with van der Waals surface area (Å²) in [5, 5.41) is 0. The van der Waals surface area contributed by atoms with Crippen molar-refractivity contribution >= 4 is 0 Å². The van der Waals surface area contributed by atoms with E-state index >= 15 is 0 Å². The van der Waals surface area contributed by atoms with Gasteiger partial charge in [0.25, 0.3) is 0 Å². The number of rotatable bonds is 4. The number of ether oxygens (including phenoxy) is 1. The van der Waals surface area contributed by atoms with E-state index in [1.807, 2.05) is 13.0 Å². The molecule has 0 aliphatic rings. The summed E-state index contributed by atoms with van der Waals surface area (Å²) in [5.74, 6) is 0.924. The summed E-state index contributed by atoms with van der Waals surface area (Å²) in [5.41, 5.74) is 8.19. The van der Waals surface area contributed by atoms with Crippen LogP contribution in [0.25, 0.3) is 0 Å². The molecular formula is C12H19NO. The molecule has 0 amide bonds. The minimum Gasteiger partial charge on any atom is -0.493 e. The van der Waals surface area contributed by atoms with Gasteiger partial charge in [0.05, 0.1) is 6.61 Å². The second-order valence-corrected chi connectivity index (χ2v) is 3.68. The van der Waals surface area contributed by atoms with Crippen molar-refractivity contribution in [2.75, 3.05) is 6.61 Å². The summed E-state index contributed by atoms with van der Waals surface area (Å²) in [4.78, 5) is 0. The fourth-order valence-corrected chi connectivity index (χ4v) is 1.37. The molecule has 2 nitrogen and oxygen atoms in total. The van der Waals surface area contributed by atoms with Crippen molar-refractivity contribution in [3.05, 3.63) is 29.3 Å². The van der Waals surface area contributed by atoms with Gasteiger partial charge in [-0.1, -0.05) is 24.6 Å². The maximum atomic E-state index is 5.88. The van der Waals surface area contributed by atoms with Crippen molar-refractivity contribution in [2.24, 2.45) is 5.73 Å². The maximum absolute atomic E-state index is 5.88. The third kappa shape index (κ3) is 2.74. The summed E-state index contributed by atoms with van der Waals surface area (Å²) in [6.45, 7) is 6.89. The Labute approximate surface area is 86.1 Å². The average Bonchev–Trinajstić information content (AvgIpc) is 2.15. The molecule has 1 rings (SSSR count). The van der Waals surface area contributed by atoms with Crippen LogP contribution in [-0.4, -0.2) is 6.61 Å². The molecule has 1 atom stereocenters. The Bertz CT molecular complexity index is 294. The van der Waals surface area contributed by atoms with E-state index in [9.17, 15) is 0 Å². The van der Waals surface area contributed by atoms with Crippen LogP contribution in [0.15, 0.2) is 18.2 Å². The number of nitrogens with two attached hydrogens (primary N) is 1. The highest BCUT2D eigenvalue weighted by atomic mass is 16.5. The molecule has 0 radical (unpaired) electrons. The minimum absolute atomic E-state index is 0.0294. The Morgan fingerprint density at radius 1 is 1.43 bits per heavy atom. The first kappa shape index (κ1) is 11.1. The molecule has 2 N–H and O–H groups in total. The van der Waals surface area contributed by atoms with E-state index in [1.54, 1.807) is 0 Å². The van der Waals surface area contributed by atoms with Crippen molar-refractivity contribution in [1.82, 2.24) is 0 Å². The van der Waals surface area contributed by atoms with Gasteiger partial charge in [-0.05, 0) is 26.3 Å². The highest BCUT2D eigenvalue weighted by Gasteiger charge is 2.07. The van der Waals surface area contributed by atoms with Gasteiger partial charge in [-0.15, -0.1) is 0 Å².